The summed E-state index contributed by atoms with van der Waals surface area (Å²) >= 11 is 0. The molecule has 0 aliphatic heterocycles. The monoisotopic (exact) mass is 486 g/mol. The molecule has 0 unspecified atom stereocenters. The van der Waals surface area contributed by atoms with Crippen molar-refractivity contribution in [2.45, 2.75) is 174 Å². The van der Waals surface area contributed by atoms with Crippen LogP contribution in [0.1, 0.15) is 174 Å². The van der Waals surface area contributed by atoms with E-state index in [1.165, 1.54) is 154 Å². The molecule has 0 N–H and O–H groups in total. The Balaban J connectivity index is 0.000000453. The highest BCUT2D eigenvalue weighted by molar-refractivity contribution is 5.48. The molecule has 3 aliphatic rings. The molecule has 0 heterocycles. The van der Waals surface area contributed by atoms with Crippen LogP contribution in [0.15, 0.2) is 36.5 Å². The molecule has 1 nitrogen and oxygen atoms in total. The van der Waals surface area contributed by atoms with Crippen LogP contribution in [0, 0.1) is 0 Å². The quantitative estimate of drug-likeness (QED) is 0.280. The summed E-state index contributed by atoms with van der Waals surface area (Å²) in [5.41, 5.74) is 0. The Morgan fingerprint density at radius 2 is 0.600 bits per heavy atom. The van der Waals surface area contributed by atoms with E-state index in [0.29, 0.717) is 6.42 Å². The van der Waals surface area contributed by atoms with Crippen molar-refractivity contribution in [3.8, 4) is 0 Å². The fourth-order valence-electron chi connectivity index (χ4n) is 4.52. The zero-order chi connectivity index (χ0) is 25.3. The van der Waals surface area contributed by atoms with Crippen molar-refractivity contribution in [3.63, 3.8) is 0 Å². The van der Waals surface area contributed by atoms with Crippen LogP contribution in [0.25, 0.3) is 0 Å². The van der Waals surface area contributed by atoms with Crippen molar-refractivity contribution in [1.29, 1.82) is 0 Å². The highest BCUT2D eigenvalue weighted by Crippen LogP contribution is 2.13. The summed E-state index contributed by atoms with van der Waals surface area (Å²) in [4.78, 5) is 9.40. The van der Waals surface area contributed by atoms with E-state index in [1.807, 2.05) is 6.92 Å². The third-order valence-corrected chi connectivity index (χ3v) is 6.88. The van der Waals surface area contributed by atoms with Crippen molar-refractivity contribution < 1.29 is 4.79 Å². The Bertz CT molecular complexity index is 375. The molecule has 0 aromatic rings. The lowest BCUT2D eigenvalue weighted by molar-refractivity contribution is -0.107. The average molecular weight is 487 g/mol. The number of unbranched alkanes of at least 4 members (excludes halogenated alkanes) is 1. The molecule has 35 heavy (non-hydrogen) atoms. The maximum absolute atomic E-state index is 9.40. The largest absolute Gasteiger partial charge is 0.303 e. The summed E-state index contributed by atoms with van der Waals surface area (Å²) in [5.74, 6) is 0. The second-order valence-corrected chi connectivity index (χ2v) is 10.5. The van der Waals surface area contributed by atoms with E-state index in [0.717, 1.165) is 12.7 Å². The molecule has 0 aromatic heterocycles. The predicted octanol–water partition coefficient (Wildman–Crippen LogP) is 12.0. The summed E-state index contributed by atoms with van der Waals surface area (Å²) in [7, 11) is 0. The van der Waals surface area contributed by atoms with Crippen molar-refractivity contribution in [2.75, 3.05) is 0 Å². The molecule has 204 valence electrons. The second kappa shape index (κ2) is 32.9. The maximum Gasteiger partial charge on any atom is 0.119 e. The molecule has 0 aromatic carbocycles. The summed E-state index contributed by atoms with van der Waals surface area (Å²) in [5, 5.41) is 0. The Labute approximate surface area is 221 Å². The Morgan fingerprint density at radius 1 is 0.400 bits per heavy atom. The van der Waals surface area contributed by atoms with Gasteiger partial charge in [-0.25, -0.2) is 0 Å². The van der Waals surface area contributed by atoms with Crippen LogP contribution in [-0.2, 0) is 4.79 Å². The molecule has 0 bridgehead atoms. The fraction of sp³-hybridized carbons (Fsp3) is 0.794. The molecule has 0 atom stereocenters. The van der Waals surface area contributed by atoms with Gasteiger partial charge in [-0.15, -0.1) is 0 Å². The van der Waals surface area contributed by atoms with E-state index in [4.69, 9.17) is 0 Å². The summed E-state index contributed by atoms with van der Waals surface area (Å²) in [6, 6.07) is 0. The molecule has 0 amide bonds. The van der Waals surface area contributed by atoms with Crippen LogP contribution >= 0.6 is 0 Å². The molecule has 3 rings (SSSR count). The van der Waals surface area contributed by atoms with E-state index in [1.54, 1.807) is 0 Å². The van der Waals surface area contributed by atoms with Crippen LogP contribution in [-0.4, -0.2) is 6.29 Å². The summed E-state index contributed by atoms with van der Waals surface area (Å²) in [6.45, 7) is 1.98. The third kappa shape index (κ3) is 32.9. The van der Waals surface area contributed by atoms with E-state index >= 15 is 0 Å². The van der Waals surface area contributed by atoms with E-state index in [-0.39, 0.29) is 0 Å². The maximum atomic E-state index is 9.40. The van der Waals surface area contributed by atoms with Gasteiger partial charge in [-0.05, 0) is 83.5 Å². The van der Waals surface area contributed by atoms with Gasteiger partial charge < -0.3 is 4.79 Å². The molecule has 0 saturated heterocycles. The smallest absolute Gasteiger partial charge is 0.119 e. The van der Waals surface area contributed by atoms with Gasteiger partial charge in [0.05, 0.1) is 0 Å². The van der Waals surface area contributed by atoms with Crippen molar-refractivity contribution in [1.82, 2.24) is 0 Å². The normalized spacial score (nSPS) is 20.3. The second-order valence-electron chi connectivity index (χ2n) is 10.5. The first-order valence-corrected chi connectivity index (χ1v) is 15.8. The Hall–Kier alpha value is -1.11. The van der Waals surface area contributed by atoms with Crippen LogP contribution in [0.3, 0.4) is 0 Å². The standard InChI is InChI=1S/3C10H18.C4H8O/c3*1-2-4-6-8-10-9-7-5-3-1;1-2-3-4-5/h3*1-2H,3-10H2;4H,2-3H2,1H3. The minimum absolute atomic E-state index is 0.708. The highest BCUT2D eigenvalue weighted by Gasteiger charge is 1.93. The third-order valence-electron chi connectivity index (χ3n) is 6.88. The van der Waals surface area contributed by atoms with E-state index < -0.39 is 0 Å². The first-order chi connectivity index (χ1) is 17.4. The lowest BCUT2D eigenvalue weighted by atomic mass is 10.1. The lowest BCUT2D eigenvalue weighted by Gasteiger charge is -2.01. The van der Waals surface area contributed by atoms with E-state index in [2.05, 4.69) is 36.5 Å². The summed E-state index contributed by atoms with van der Waals surface area (Å²) < 4.78 is 0. The number of carbonyl (C=O) groups excluding carboxylic acids is 1. The first-order valence-electron chi connectivity index (χ1n) is 15.8. The van der Waals surface area contributed by atoms with Gasteiger partial charge in [-0.1, -0.05) is 120 Å². The number of hydrogen-bond acceptors (Lipinski definition) is 1. The Morgan fingerprint density at radius 3 is 0.743 bits per heavy atom. The van der Waals surface area contributed by atoms with Gasteiger partial charge in [0.25, 0.3) is 0 Å². The number of hydrogen-bond donors (Lipinski definition) is 0. The molecular formula is C34H62O. The van der Waals surface area contributed by atoms with Gasteiger partial charge in [-0.2, -0.15) is 0 Å². The predicted molar refractivity (Wildman–Crippen MR) is 159 cm³/mol. The minimum Gasteiger partial charge on any atom is -0.303 e. The Kier molecular flexibility index (Phi) is 31.8. The molecule has 0 fully saturated rings. The molecule has 0 radical (unpaired) electrons. The molecular weight excluding hydrogens is 424 g/mol. The molecule has 0 spiro atoms. The van der Waals surface area contributed by atoms with Crippen molar-refractivity contribution in [3.05, 3.63) is 36.5 Å². The van der Waals surface area contributed by atoms with Gasteiger partial charge in [0.1, 0.15) is 6.29 Å². The van der Waals surface area contributed by atoms with Crippen LogP contribution < -0.4 is 0 Å². The molecule has 3 aliphatic carbocycles. The van der Waals surface area contributed by atoms with Crippen molar-refractivity contribution >= 4 is 6.29 Å². The first kappa shape index (κ1) is 33.9. The topological polar surface area (TPSA) is 17.1 Å². The zero-order valence-corrected chi connectivity index (χ0v) is 23.8. The molecule has 0 saturated carbocycles. The highest BCUT2D eigenvalue weighted by atomic mass is 16.1. The van der Waals surface area contributed by atoms with Gasteiger partial charge in [0.15, 0.2) is 0 Å². The van der Waals surface area contributed by atoms with Crippen LogP contribution in [0.5, 0.6) is 0 Å². The number of allylic oxidation sites excluding steroid dienone is 6. The van der Waals surface area contributed by atoms with Gasteiger partial charge in [0.2, 0.25) is 0 Å². The fourth-order valence-corrected chi connectivity index (χ4v) is 4.52. The molecule has 1 heteroatoms. The van der Waals surface area contributed by atoms with Gasteiger partial charge in [-0.3, -0.25) is 0 Å². The van der Waals surface area contributed by atoms with Crippen LogP contribution in [0.4, 0.5) is 0 Å². The average Bonchev–Trinajstić information content (AvgIpc) is 2.91. The lowest BCUT2D eigenvalue weighted by Crippen LogP contribution is -1.81. The number of rotatable bonds is 2. The minimum atomic E-state index is 0.708. The zero-order valence-electron chi connectivity index (χ0n) is 23.8. The summed E-state index contributed by atoms with van der Waals surface area (Å²) in [6.07, 6.45) is 50.6. The van der Waals surface area contributed by atoms with Gasteiger partial charge in [0, 0.05) is 6.42 Å². The van der Waals surface area contributed by atoms with Gasteiger partial charge >= 0.3 is 0 Å². The van der Waals surface area contributed by atoms with Crippen LogP contribution in [0.2, 0.25) is 0 Å². The van der Waals surface area contributed by atoms with Crippen molar-refractivity contribution in [2.24, 2.45) is 0 Å². The number of carbonyl (C=O) groups is 1. The van der Waals surface area contributed by atoms with E-state index in [9.17, 15) is 4.79 Å². The SMILES string of the molecule is C1=CCCCCCCCC1.C1=CCCCCCCCC1.C1=CCCCCCCCC1.CCCC=O. The number of aldehydes is 1.